The van der Waals surface area contributed by atoms with Gasteiger partial charge in [0.15, 0.2) is 0 Å². The van der Waals surface area contributed by atoms with Crippen LogP contribution in [0.5, 0.6) is 11.5 Å². The summed E-state index contributed by atoms with van der Waals surface area (Å²) in [4.78, 5) is 10.8. The zero-order valence-corrected chi connectivity index (χ0v) is 13.8. The van der Waals surface area contributed by atoms with Gasteiger partial charge in [0.25, 0.3) is 11.4 Å². The lowest BCUT2D eigenvalue weighted by Gasteiger charge is -2.12. The highest BCUT2D eigenvalue weighted by Gasteiger charge is 2.15. The Balaban J connectivity index is 2.15. The number of ether oxygens (including phenoxy) is 2. The first-order valence-electron chi connectivity index (χ1n) is 6.91. The molecule has 0 aliphatic rings. The molecular formula is C16H15F2NO4S. The maximum Gasteiger partial charge on any atom is 0.289 e. The van der Waals surface area contributed by atoms with Gasteiger partial charge in [0.05, 0.1) is 22.5 Å². The first kappa shape index (κ1) is 18.0. The van der Waals surface area contributed by atoms with Crippen molar-refractivity contribution < 1.29 is 23.2 Å². The minimum absolute atomic E-state index is 0.0197. The minimum Gasteiger partial charge on any atom is -0.496 e. The van der Waals surface area contributed by atoms with Gasteiger partial charge in [-0.3, -0.25) is 10.1 Å². The van der Waals surface area contributed by atoms with Gasteiger partial charge >= 0.3 is 0 Å². The normalized spacial score (nSPS) is 10.7. The molecule has 0 spiro atoms. The number of hydrogen-bond acceptors (Lipinski definition) is 5. The van der Waals surface area contributed by atoms with E-state index in [-0.39, 0.29) is 12.3 Å². The first-order chi connectivity index (χ1) is 11.4. The highest BCUT2D eigenvalue weighted by Crippen LogP contribution is 2.34. The Morgan fingerprint density at radius 2 is 2.00 bits per heavy atom. The summed E-state index contributed by atoms with van der Waals surface area (Å²) >= 11 is 0.406. The van der Waals surface area contributed by atoms with Crippen molar-refractivity contribution in [2.75, 3.05) is 7.11 Å². The lowest BCUT2D eigenvalue weighted by molar-refractivity contribution is -0.385. The second-order valence-electron chi connectivity index (χ2n) is 4.81. The lowest BCUT2D eigenvalue weighted by Crippen LogP contribution is -2.00. The summed E-state index contributed by atoms with van der Waals surface area (Å²) in [7, 11) is 1.40. The van der Waals surface area contributed by atoms with E-state index in [1.54, 1.807) is 31.2 Å². The van der Waals surface area contributed by atoms with Crippen LogP contribution in [0.4, 0.5) is 14.5 Å². The van der Waals surface area contributed by atoms with Crippen LogP contribution >= 0.6 is 11.8 Å². The number of nitrogens with zero attached hydrogens (tertiary/aromatic N) is 1. The first-order valence-corrected chi connectivity index (χ1v) is 7.79. The molecule has 2 rings (SSSR count). The molecule has 0 saturated heterocycles. The Bertz CT molecular complexity index is 740. The van der Waals surface area contributed by atoms with Crippen molar-refractivity contribution in [2.24, 2.45) is 0 Å². The average molecular weight is 355 g/mol. The molecule has 0 aliphatic carbocycles. The monoisotopic (exact) mass is 355 g/mol. The van der Waals surface area contributed by atoms with Crippen molar-refractivity contribution in [3.8, 4) is 11.5 Å². The Hall–Kier alpha value is -2.35. The van der Waals surface area contributed by atoms with E-state index in [4.69, 9.17) is 9.47 Å². The van der Waals surface area contributed by atoms with E-state index in [0.717, 1.165) is 0 Å². The fraction of sp³-hybridized carbons (Fsp3) is 0.250. The van der Waals surface area contributed by atoms with Crippen LogP contribution in [0, 0.1) is 17.0 Å². The van der Waals surface area contributed by atoms with Gasteiger partial charge in [0.2, 0.25) is 0 Å². The minimum atomic E-state index is -2.53. The van der Waals surface area contributed by atoms with Gasteiger partial charge in [-0.05, 0) is 30.7 Å². The van der Waals surface area contributed by atoms with Crippen LogP contribution in [-0.4, -0.2) is 17.8 Å². The van der Waals surface area contributed by atoms with E-state index in [1.807, 2.05) is 0 Å². The largest absolute Gasteiger partial charge is 0.496 e. The summed E-state index contributed by atoms with van der Waals surface area (Å²) < 4.78 is 35.7. The fourth-order valence-electron chi connectivity index (χ4n) is 2.11. The molecule has 0 bridgehead atoms. The molecule has 0 heterocycles. The van der Waals surface area contributed by atoms with Crippen molar-refractivity contribution in [1.82, 2.24) is 0 Å². The van der Waals surface area contributed by atoms with Crippen LogP contribution in [0.25, 0.3) is 0 Å². The van der Waals surface area contributed by atoms with E-state index in [2.05, 4.69) is 0 Å². The number of benzene rings is 2. The Morgan fingerprint density at radius 1 is 1.25 bits per heavy atom. The molecular weight excluding hydrogens is 340 g/mol. The summed E-state index contributed by atoms with van der Waals surface area (Å²) in [6.07, 6.45) is 0. The summed E-state index contributed by atoms with van der Waals surface area (Å²) in [5, 5.41) is 10.9. The van der Waals surface area contributed by atoms with E-state index in [1.165, 1.54) is 19.2 Å². The predicted molar refractivity (Wildman–Crippen MR) is 87.0 cm³/mol. The molecule has 5 nitrogen and oxygen atoms in total. The molecule has 0 aromatic heterocycles. The van der Waals surface area contributed by atoms with Crippen molar-refractivity contribution in [3.05, 3.63) is 57.6 Å². The van der Waals surface area contributed by atoms with Crippen molar-refractivity contribution in [3.63, 3.8) is 0 Å². The molecule has 8 heteroatoms. The highest BCUT2D eigenvalue weighted by molar-refractivity contribution is 7.99. The molecule has 2 aromatic rings. The molecule has 0 N–H and O–H groups in total. The Labute approximate surface area is 141 Å². The van der Waals surface area contributed by atoms with E-state index in [9.17, 15) is 18.9 Å². The summed E-state index contributed by atoms with van der Waals surface area (Å²) in [6, 6.07) is 9.39. The van der Waals surface area contributed by atoms with Crippen LogP contribution < -0.4 is 9.47 Å². The zero-order chi connectivity index (χ0) is 17.7. The number of rotatable bonds is 7. The second-order valence-corrected chi connectivity index (χ2v) is 5.84. The van der Waals surface area contributed by atoms with Crippen LogP contribution in [0.1, 0.15) is 11.1 Å². The molecule has 0 fully saturated rings. The van der Waals surface area contributed by atoms with Gasteiger partial charge in [-0.1, -0.05) is 23.9 Å². The second kappa shape index (κ2) is 7.96. The summed E-state index contributed by atoms with van der Waals surface area (Å²) in [5.74, 6) is -1.81. The van der Waals surface area contributed by atoms with E-state index >= 15 is 0 Å². The third-order valence-corrected chi connectivity index (χ3v) is 4.06. The number of hydrogen-bond donors (Lipinski definition) is 0. The smallest absolute Gasteiger partial charge is 0.289 e. The van der Waals surface area contributed by atoms with Gasteiger partial charge in [-0.25, -0.2) is 0 Å². The highest BCUT2D eigenvalue weighted by atomic mass is 32.2. The van der Waals surface area contributed by atoms with Crippen LogP contribution in [0.15, 0.2) is 41.3 Å². The molecule has 0 radical (unpaired) electrons. The van der Waals surface area contributed by atoms with Gasteiger partial charge in [-0.15, -0.1) is 0 Å². The Kier molecular flexibility index (Phi) is 5.97. The van der Waals surface area contributed by atoms with Crippen molar-refractivity contribution in [2.45, 2.75) is 24.2 Å². The molecule has 24 heavy (non-hydrogen) atoms. The number of nitro groups is 1. The van der Waals surface area contributed by atoms with E-state index < -0.39 is 10.7 Å². The van der Waals surface area contributed by atoms with Crippen molar-refractivity contribution in [1.29, 1.82) is 0 Å². The van der Waals surface area contributed by atoms with Gasteiger partial charge in [0, 0.05) is 6.07 Å². The van der Waals surface area contributed by atoms with E-state index in [0.29, 0.717) is 39.3 Å². The fourth-order valence-corrected chi connectivity index (χ4v) is 2.71. The van der Waals surface area contributed by atoms with Gasteiger partial charge in [-0.2, -0.15) is 8.78 Å². The maximum atomic E-state index is 12.5. The molecule has 128 valence electrons. The maximum absolute atomic E-state index is 12.5. The molecule has 0 aliphatic heterocycles. The topological polar surface area (TPSA) is 61.6 Å². The zero-order valence-electron chi connectivity index (χ0n) is 13.0. The number of methoxy groups -OCH3 is 1. The third-order valence-electron chi connectivity index (χ3n) is 3.29. The third kappa shape index (κ3) is 4.35. The van der Waals surface area contributed by atoms with Crippen LogP contribution in [0.2, 0.25) is 0 Å². The molecule has 0 atom stereocenters. The molecule has 2 aromatic carbocycles. The Morgan fingerprint density at radius 3 is 2.62 bits per heavy atom. The standard InChI is InChI=1S/C16H15F2NO4S/c1-10-12(19(20)21)4-3-5-13(10)23-9-11-6-7-15(24-16(17)18)14(8-11)22-2/h3-8,16H,9H2,1-2H3. The summed E-state index contributed by atoms with van der Waals surface area (Å²) in [5.41, 5.74) is 1.12. The predicted octanol–water partition coefficient (Wildman–Crippen LogP) is 4.81. The molecule has 0 saturated carbocycles. The van der Waals surface area contributed by atoms with Gasteiger partial charge in [0.1, 0.15) is 18.1 Å². The van der Waals surface area contributed by atoms with Crippen LogP contribution in [0.3, 0.4) is 0 Å². The van der Waals surface area contributed by atoms with Gasteiger partial charge < -0.3 is 9.47 Å². The number of nitro benzene ring substituents is 1. The van der Waals surface area contributed by atoms with Crippen molar-refractivity contribution >= 4 is 17.4 Å². The number of thioether (sulfide) groups is 1. The lowest BCUT2D eigenvalue weighted by atomic mass is 10.2. The molecule has 0 unspecified atom stereocenters. The average Bonchev–Trinajstić information content (AvgIpc) is 2.54. The quantitative estimate of drug-likeness (QED) is 0.405. The van der Waals surface area contributed by atoms with Crippen LogP contribution in [-0.2, 0) is 6.61 Å². The summed E-state index contributed by atoms with van der Waals surface area (Å²) in [6.45, 7) is 1.74. The molecule has 0 amide bonds. The number of halogens is 2. The number of alkyl halides is 2. The SMILES string of the molecule is COc1cc(COc2cccc([N+](=O)[O-])c2C)ccc1SC(F)F.